The van der Waals surface area contributed by atoms with Gasteiger partial charge in [-0.05, 0) is 30.0 Å². The fourth-order valence-electron chi connectivity index (χ4n) is 3.65. The Morgan fingerprint density at radius 1 is 1.25 bits per heavy atom. The first-order valence-corrected chi connectivity index (χ1v) is 10.5. The molecule has 8 nitrogen and oxygen atoms in total. The van der Waals surface area contributed by atoms with Crippen molar-refractivity contribution in [3.05, 3.63) is 52.3 Å². The molecule has 0 radical (unpaired) electrons. The molecule has 1 aromatic heterocycles. The van der Waals surface area contributed by atoms with Gasteiger partial charge in [0.25, 0.3) is 0 Å². The largest absolute Gasteiger partial charge is 0.493 e. The van der Waals surface area contributed by atoms with Crippen LogP contribution in [0.2, 0.25) is 0 Å². The third-order valence-corrected chi connectivity index (χ3v) is 5.38. The Kier molecular flexibility index (Phi) is 6.52. The minimum atomic E-state index is -1.10. The number of amidine groups is 1. The maximum absolute atomic E-state index is 13.2. The number of carboxylic acids is 1. The van der Waals surface area contributed by atoms with Crippen LogP contribution in [-0.2, 0) is 23.2 Å². The van der Waals surface area contributed by atoms with Crippen molar-refractivity contribution >= 4 is 17.6 Å². The van der Waals surface area contributed by atoms with Crippen molar-refractivity contribution in [2.24, 2.45) is 0 Å². The number of nitrogens with zero attached hydrogens (tertiary/aromatic N) is 2. The molecule has 2 aromatic rings. The third kappa shape index (κ3) is 4.74. The van der Waals surface area contributed by atoms with Gasteiger partial charge < -0.3 is 19.5 Å². The number of nitrogens with one attached hydrogen (secondary N) is 1. The summed E-state index contributed by atoms with van der Waals surface area (Å²) < 4.78 is 10.9. The van der Waals surface area contributed by atoms with Gasteiger partial charge in [0.2, 0.25) is 0 Å². The number of carbonyl (C=O) groups excluding carboxylic acids is 1. The van der Waals surface area contributed by atoms with Crippen molar-refractivity contribution in [2.75, 3.05) is 20.3 Å². The minimum absolute atomic E-state index is 0.0265. The predicted octanol–water partition coefficient (Wildman–Crippen LogP) is 3.44. The molecule has 0 spiro atoms. The Morgan fingerprint density at radius 2 is 1.97 bits per heavy atom. The number of pyridine rings is 1. The minimum Gasteiger partial charge on any atom is -0.493 e. The van der Waals surface area contributed by atoms with Crippen LogP contribution in [0.3, 0.4) is 0 Å². The Bertz CT molecular complexity index is 1070. The zero-order chi connectivity index (χ0) is 23.6. The van der Waals surface area contributed by atoms with Gasteiger partial charge in [0, 0.05) is 28.9 Å². The highest BCUT2D eigenvalue weighted by Crippen LogP contribution is 2.40. The number of carbonyl (C=O) groups is 2. The van der Waals surface area contributed by atoms with Gasteiger partial charge in [-0.3, -0.25) is 10.2 Å². The third-order valence-electron chi connectivity index (χ3n) is 5.38. The van der Waals surface area contributed by atoms with Gasteiger partial charge in [0.1, 0.15) is 11.5 Å². The second-order valence-corrected chi connectivity index (χ2v) is 8.78. The van der Waals surface area contributed by atoms with E-state index >= 15 is 0 Å². The SMILES string of the molecule is CCc1ccc2c(n1)C(=N)N(CC(=O)c1cc(OC)c(OCC(=O)O)c(C(C)(C)C)c1)C2. The number of methoxy groups -OCH3 is 1. The lowest BCUT2D eigenvalue weighted by Gasteiger charge is -2.25. The molecule has 0 aliphatic carbocycles. The molecule has 0 bridgehead atoms. The topological polar surface area (TPSA) is 113 Å². The molecule has 32 heavy (non-hydrogen) atoms. The van der Waals surface area contributed by atoms with E-state index in [2.05, 4.69) is 4.98 Å². The summed E-state index contributed by atoms with van der Waals surface area (Å²) in [6, 6.07) is 7.21. The molecule has 170 valence electrons. The van der Waals surface area contributed by atoms with Gasteiger partial charge >= 0.3 is 5.97 Å². The number of carboxylic acid groups (broad SMARTS) is 1. The van der Waals surface area contributed by atoms with E-state index in [1.165, 1.54) is 7.11 Å². The Balaban J connectivity index is 1.90. The average molecular weight is 440 g/mol. The second kappa shape index (κ2) is 8.98. The van der Waals surface area contributed by atoms with Gasteiger partial charge in [-0.15, -0.1) is 0 Å². The van der Waals surface area contributed by atoms with E-state index in [0.29, 0.717) is 34.9 Å². The second-order valence-electron chi connectivity index (χ2n) is 8.78. The highest BCUT2D eigenvalue weighted by molar-refractivity contribution is 6.04. The standard InChI is InChI=1S/C24H29N3O5/c1-6-16-8-7-14-11-27(23(25)21(14)26-16)12-18(28)15-9-17(24(2,3)4)22(19(10-15)31-5)32-13-20(29)30/h7-10,25H,6,11-13H2,1-5H3,(H,29,30). The van der Waals surface area contributed by atoms with Gasteiger partial charge in [-0.25, -0.2) is 9.78 Å². The predicted molar refractivity (Wildman–Crippen MR) is 120 cm³/mol. The summed E-state index contributed by atoms with van der Waals surface area (Å²) in [6.45, 7) is 7.84. The van der Waals surface area contributed by atoms with Gasteiger partial charge in [-0.1, -0.05) is 33.8 Å². The van der Waals surface area contributed by atoms with Crippen LogP contribution in [-0.4, -0.2) is 52.8 Å². The lowest BCUT2D eigenvalue weighted by Crippen LogP contribution is -2.30. The molecule has 3 rings (SSSR count). The smallest absolute Gasteiger partial charge is 0.341 e. The maximum Gasteiger partial charge on any atom is 0.341 e. The van der Waals surface area contributed by atoms with Crippen LogP contribution in [0.1, 0.15) is 60.6 Å². The summed E-state index contributed by atoms with van der Waals surface area (Å²) in [6.07, 6.45) is 0.783. The summed E-state index contributed by atoms with van der Waals surface area (Å²) >= 11 is 0. The molecular formula is C24H29N3O5. The van der Waals surface area contributed by atoms with E-state index in [4.69, 9.17) is 20.0 Å². The first kappa shape index (κ1) is 23.2. The van der Waals surface area contributed by atoms with E-state index in [-0.39, 0.29) is 18.2 Å². The molecule has 1 aliphatic rings. The molecule has 1 aliphatic heterocycles. The van der Waals surface area contributed by atoms with Crippen molar-refractivity contribution in [1.29, 1.82) is 5.41 Å². The first-order chi connectivity index (χ1) is 15.0. The number of fused-ring (bicyclic) bond motifs is 1. The van der Waals surface area contributed by atoms with Gasteiger partial charge in [0.15, 0.2) is 23.9 Å². The molecule has 0 atom stereocenters. The van der Waals surface area contributed by atoms with Crippen molar-refractivity contribution in [3.63, 3.8) is 0 Å². The maximum atomic E-state index is 13.2. The van der Waals surface area contributed by atoms with E-state index in [9.17, 15) is 9.59 Å². The van der Waals surface area contributed by atoms with E-state index in [1.54, 1.807) is 17.0 Å². The number of ether oxygens (including phenoxy) is 2. The van der Waals surface area contributed by atoms with Gasteiger partial charge in [-0.2, -0.15) is 0 Å². The summed E-state index contributed by atoms with van der Waals surface area (Å²) in [5.41, 5.74) is 3.15. The van der Waals surface area contributed by atoms with Crippen molar-refractivity contribution < 1.29 is 24.2 Å². The molecule has 0 unspecified atom stereocenters. The van der Waals surface area contributed by atoms with Crippen LogP contribution in [0.5, 0.6) is 11.5 Å². The number of benzene rings is 1. The number of rotatable bonds is 8. The molecule has 0 fully saturated rings. The molecule has 0 amide bonds. The lowest BCUT2D eigenvalue weighted by molar-refractivity contribution is -0.139. The van der Waals surface area contributed by atoms with Crippen molar-refractivity contribution in [3.8, 4) is 11.5 Å². The number of Topliss-reactive ketones (excluding diaryl/α,β-unsaturated/α-hetero) is 1. The van der Waals surface area contributed by atoms with Crippen molar-refractivity contribution in [1.82, 2.24) is 9.88 Å². The summed E-state index contributed by atoms with van der Waals surface area (Å²) in [5.74, 6) is -0.411. The van der Waals surface area contributed by atoms with Crippen LogP contribution in [0.15, 0.2) is 24.3 Å². The molecular weight excluding hydrogens is 410 g/mol. The Hall–Kier alpha value is -3.42. The van der Waals surface area contributed by atoms with Gasteiger partial charge in [0.05, 0.1) is 13.7 Å². The number of aliphatic carboxylic acids is 1. The van der Waals surface area contributed by atoms with Crippen LogP contribution < -0.4 is 9.47 Å². The van der Waals surface area contributed by atoms with E-state index < -0.39 is 18.0 Å². The number of ketones is 1. The molecule has 0 saturated carbocycles. The molecule has 2 N–H and O–H groups in total. The number of aryl methyl sites for hydroxylation is 1. The highest BCUT2D eigenvalue weighted by Gasteiger charge is 2.30. The average Bonchev–Trinajstić information content (AvgIpc) is 3.05. The number of hydrogen-bond donors (Lipinski definition) is 2. The normalized spacial score (nSPS) is 13.2. The fourth-order valence-corrected chi connectivity index (χ4v) is 3.65. The number of hydrogen-bond acceptors (Lipinski definition) is 6. The summed E-state index contributed by atoms with van der Waals surface area (Å²) in [4.78, 5) is 30.5. The van der Waals surface area contributed by atoms with Crippen LogP contribution in [0.25, 0.3) is 0 Å². The Labute approximate surface area is 187 Å². The summed E-state index contributed by atoms with van der Waals surface area (Å²) in [7, 11) is 1.45. The molecule has 0 saturated heterocycles. The number of aromatic nitrogens is 1. The zero-order valence-electron chi connectivity index (χ0n) is 19.1. The fraction of sp³-hybridized carbons (Fsp3) is 0.417. The molecule has 2 heterocycles. The quantitative estimate of drug-likeness (QED) is 0.606. The van der Waals surface area contributed by atoms with Crippen LogP contribution >= 0.6 is 0 Å². The zero-order valence-corrected chi connectivity index (χ0v) is 19.1. The Morgan fingerprint density at radius 3 is 2.56 bits per heavy atom. The van der Waals surface area contributed by atoms with Crippen molar-refractivity contribution in [2.45, 2.75) is 46.1 Å². The summed E-state index contributed by atoms with van der Waals surface area (Å²) in [5, 5.41) is 17.5. The molecule has 1 aromatic carbocycles. The van der Waals surface area contributed by atoms with E-state index in [0.717, 1.165) is 17.7 Å². The highest BCUT2D eigenvalue weighted by atomic mass is 16.5. The van der Waals surface area contributed by atoms with E-state index in [1.807, 2.05) is 39.8 Å². The first-order valence-electron chi connectivity index (χ1n) is 10.5. The van der Waals surface area contributed by atoms with Crippen LogP contribution in [0.4, 0.5) is 0 Å². The molecule has 8 heteroatoms. The van der Waals surface area contributed by atoms with Crippen LogP contribution in [0, 0.1) is 5.41 Å². The lowest BCUT2D eigenvalue weighted by atomic mass is 9.84. The monoisotopic (exact) mass is 439 g/mol.